The van der Waals surface area contributed by atoms with Crippen LogP contribution in [0.15, 0.2) is 0 Å². The quantitative estimate of drug-likeness (QED) is 0.456. The Morgan fingerprint density at radius 1 is 1.25 bits per heavy atom. The fourth-order valence-electron chi connectivity index (χ4n) is 2.15. The predicted octanol–water partition coefficient (Wildman–Crippen LogP) is 4.36. The van der Waals surface area contributed by atoms with Gasteiger partial charge in [0.05, 0.1) is 0 Å². The van der Waals surface area contributed by atoms with Gasteiger partial charge in [0.2, 0.25) is 0 Å². The summed E-state index contributed by atoms with van der Waals surface area (Å²) in [5.41, 5.74) is 0. The van der Waals surface area contributed by atoms with Crippen LogP contribution in [0.25, 0.3) is 0 Å². The highest BCUT2D eigenvalue weighted by atomic mass is 35.5. The van der Waals surface area contributed by atoms with Gasteiger partial charge in [0.15, 0.2) is 0 Å². The van der Waals surface area contributed by atoms with Gasteiger partial charge in [-0.25, -0.2) is 0 Å². The van der Waals surface area contributed by atoms with Gasteiger partial charge >= 0.3 is 0 Å². The van der Waals surface area contributed by atoms with Crippen molar-refractivity contribution in [1.82, 2.24) is 0 Å². The number of hydrogen-bond acceptors (Lipinski definition) is 0. The summed E-state index contributed by atoms with van der Waals surface area (Å²) >= 11 is 6.19. The average molecular weight is 189 g/mol. The molecule has 1 aliphatic rings. The SMILES string of the molecule is CCCCC1CCCCC(Cl)C1. The molecule has 1 saturated carbocycles. The first kappa shape index (κ1) is 10.4. The average Bonchev–Trinajstić information content (AvgIpc) is 2.26. The molecule has 12 heavy (non-hydrogen) atoms. The summed E-state index contributed by atoms with van der Waals surface area (Å²) < 4.78 is 0. The van der Waals surface area contributed by atoms with Crippen molar-refractivity contribution in [3.63, 3.8) is 0 Å². The summed E-state index contributed by atoms with van der Waals surface area (Å²) in [5.74, 6) is 0.940. The Balaban J connectivity index is 2.21. The molecular weight excluding hydrogens is 168 g/mol. The van der Waals surface area contributed by atoms with E-state index in [-0.39, 0.29) is 0 Å². The summed E-state index contributed by atoms with van der Waals surface area (Å²) in [6.07, 6.45) is 10.9. The number of unbranched alkanes of at least 4 members (excludes halogenated alkanes) is 1. The molecule has 0 radical (unpaired) electrons. The molecule has 1 aliphatic carbocycles. The van der Waals surface area contributed by atoms with Crippen LogP contribution in [0.2, 0.25) is 0 Å². The molecule has 0 bridgehead atoms. The molecule has 0 amide bonds. The summed E-state index contributed by atoms with van der Waals surface area (Å²) in [4.78, 5) is 0. The second-order valence-corrected chi connectivity index (χ2v) is 4.74. The largest absolute Gasteiger partial charge is 0.123 e. The molecule has 1 fully saturated rings. The van der Waals surface area contributed by atoms with Crippen molar-refractivity contribution in [3.8, 4) is 0 Å². The van der Waals surface area contributed by atoms with E-state index < -0.39 is 0 Å². The highest BCUT2D eigenvalue weighted by molar-refractivity contribution is 6.20. The highest BCUT2D eigenvalue weighted by Crippen LogP contribution is 2.29. The van der Waals surface area contributed by atoms with Crippen LogP contribution in [-0.2, 0) is 0 Å². The zero-order chi connectivity index (χ0) is 8.81. The van der Waals surface area contributed by atoms with E-state index in [9.17, 15) is 0 Å². The third-order valence-corrected chi connectivity index (χ3v) is 3.33. The normalized spacial score (nSPS) is 31.5. The van der Waals surface area contributed by atoms with E-state index in [2.05, 4.69) is 6.92 Å². The van der Waals surface area contributed by atoms with Crippen molar-refractivity contribution in [1.29, 1.82) is 0 Å². The first-order chi connectivity index (χ1) is 5.83. The topological polar surface area (TPSA) is 0 Å². The molecule has 0 saturated heterocycles. The molecule has 0 aromatic heterocycles. The summed E-state index contributed by atoms with van der Waals surface area (Å²) in [6, 6.07) is 0. The van der Waals surface area contributed by atoms with Crippen LogP contribution in [0.5, 0.6) is 0 Å². The zero-order valence-electron chi connectivity index (χ0n) is 8.19. The molecule has 0 N–H and O–H groups in total. The van der Waals surface area contributed by atoms with Crippen molar-refractivity contribution in [2.24, 2.45) is 5.92 Å². The Hall–Kier alpha value is 0.290. The molecular formula is C11H21Cl. The minimum atomic E-state index is 0.481. The van der Waals surface area contributed by atoms with E-state index in [1.54, 1.807) is 0 Å². The highest BCUT2D eigenvalue weighted by Gasteiger charge is 2.17. The Morgan fingerprint density at radius 3 is 2.75 bits per heavy atom. The number of alkyl halides is 1. The molecule has 0 nitrogen and oxygen atoms in total. The summed E-state index contributed by atoms with van der Waals surface area (Å²) in [6.45, 7) is 2.27. The third-order valence-electron chi connectivity index (χ3n) is 2.93. The minimum absolute atomic E-state index is 0.481. The molecule has 1 rings (SSSR count). The molecule has 1 heteroatoms. The van der Waals surface area contributed by atoms with Crippen molar-refractivity contribution in [2.75, 3.05) is 0 Å². The smallest absolute Gasteiger partial charge is 0.0338 e. The maximum atomic E-state index is 6.19. The van der Waals surface area contributed by atoms with Crippen LogP contribution < -0.4 is 0 Å². The van der Waals surface area contributed by atoms with E-state index in [1.165, 1.54) is 51.4 Å². The third kappa shape index (κ3) is 3.80. The van der Waals surface area contributed by atoms with E-state index in [1.807, 2.05) is 0 Å². The van der Waals surface area contributed by atoms with Crippen LogP contribution in [0.4, 0.5) is 0 Å². The van der Waals surface area contributed by atoms with Crippen LogP contribution in [0, 0.1) is 5.92 Å². The fraction of sp³-hybridized carbons (Fsp3) is 1.00. The monoisotopic (exact) mass is 188 g/mol. The van der Waals surface area contributed by atoms with E-state index >= 15 is 0 Å². The molecule has 0 aromatic rings. The van der Waals surface area contributed by atoms with Gasteiger partial charge in [-0.2, -0.15) is 0 Å². The van der Waals surface area contributed by atoms with Crippen molar-refractivity contribution in [3.05, 3.63) is 0 Å². The molecule has 0 aliphatic heterocycles. The molecule has 72 valence electrons. The Bertz CT molecular complexity index is 112. The molecule has 2 atom stereocenters. The van der Waals surface area contributed by atoms with E-state index in [0.29, 0.717) is 5.38 Å². The maximum Gasteiger partial charge on any atom is 0.0338 e. The van der Waals surface area contributed by atoms with Gasteiger partial charge in [-0.3, -0.25) is 0 Å². The van der Waals surface area contributed by atoms with Crippen LogP contribution in [0.3, 0.4) is 0 Å². The first-order valence-corrected chi connectivity index (χ1v) is 5.90. The van der Waals surface area contributed by atoms with E-state index in [4.69, 9.17) is 11.6 Å². The lowest BCUT2D eigenvalue weighted by Gasteiger charge is -2.14. The van der Waals surface area contributed by atoms with Gasteiger partial charge in [-0.05, 0) is 18.8 Å². The summed E-state index contributed by atoms with van der Waals surface area (Å²) in [5, 5.41) is 0.481. The van der Waals surface area contributed by atoms with Gasteiger partial charge in [0.1, 0.15) is 0 Å². The van der Waals surface area contributed by atoms with Crippen LogP contribution >= 0.6 is 11.6 Å². The lowest BCUT2D eigenvalue weighted by atomic mass is 9.94. The lowest BCUT2D eigenvalue weighted by molar-refractivity contribution is 0.415. The minimum Gasteiger partial charge on any atom is -0.123 e. The van der Waals surface area contributed by atoms with Gasteiger partial charge in [0, 0.05) is 5.38 Å². The van der Waals surface area contributed by atoms with Gasteiger partial charge in [-0.15, -0.1) is 11.6 Å². The second kappa shape index (κ2) is 5.85. The zero-order valence-corrected chi connectivity index (χ0v) is 8.95. The lowest BCUT2D eigenvalue weighted by Crippen LogP contribution is -2.05. The number of hydrogen-bond donors (Lipinski definition) is 0. The Morgan fingerprint density at radius 2 is 2.00 bits per heavy atom. The first-order valence-electron chi connectivity index (χ1n) is 5.47. The summed E-state index contributed by atoms with van der Waals surface area (Å²) in [7, 11) is 0. The molecule has 0 spiro atoms. The maximum absolute atomic E-state index is 6.19. The number of rotatable bonds is 3. The Labute approximate surface area is 81.7 Å². The van der Waals surface area contributed by atoms with Gasteiger partial charge in [-0.1, -0.05) is 45.4 Å². The Kier molecular flexibility index (Phi) is 5.06. The van der Waals surface area contributed by atoms with E-state index in [0.717, 1.165) is 5.92 Å². The fourth-order valence-corrected chi connectivity index (χ4v) is 2.56. The molecule has 2 unspecified atom stereocenters. The molecule has 0 heterocycles. The standard InChI is InChI=1S/C11H21Cl/c1-2-3-6-10-7-4-5-8-11(12)9-10/h10-11H,2-9H2,1H3. The van der Waals surface area contributed by atoms with Gasteiger partial charge in [0.25, 0.3) is 0 Å². The predicted molar refractivity (Wildman–Crippen MR) is 55.7 cm³/mol. The van der Waals surface area contributed by atoms with Crippen molar-refractivity contribution in [2.45, 2.75) is 63.7 Å². The van der Waals surface area contributed by atoms with Crippen LogP contribution in [0.1, 0.15) is 58.3 Å². The van der Waals surface area contributed by atoms with Crippen LogP contribution in [-0.4, -0.2) is 5.38 Å². The van der Waals surface area contributed by atoms with Gasteiger partial charge < -0.3 is 0 Å². The number of halogens is 1. The second-order valence-electron chi connectivity index (χ2n) is 4.13. The van der Waals surface area contributed by atoms with Crippen molar-refractivity contribution >= 4 is 11.6 Å². The molecule has 0 aromatic carbocycles. The van der Waals surface area contributed by atoms with Crippen molar-refractivity contribution < 1.29 is 0 Å².